The van der Waals surface area contributed by atoms with E-state index < -0.39 is 44.7 Å². The fourth-order valence-corrected chi connectivity index (χ4v) is 6.01. The average Bonchev–Trinajstić information content (AvgIpc) is 3.25. The molecule has 0 saturated carbocycles. The third-order valence-corrected chi connectivity index (χ3v) is 8.54. The van der Waals surface area contributed by atoms with Crippen molar-refractivity contribution >= 4 is 27.0 Å². The largest absolute Gasteiger partial charge is 0.503 e. The van der Waals surface area contributed by atoms with E-state index in [-0.39, 0.29) is 47.2 Å². The number of rotatable bonds is 5. The minimum atomic E-state index is -5.20. The molecule has 1 N–H and O–H groups in total. The topological polar surface area (TPSA) is 104 Å². The first-order valence-corrected chi connectivity index (χ1v) is 14.2. The molecule has 0 amide bonds. The van der Waals surface area contributed by atoms with Crippen molar-refractivity contribution < 1.29 is 35.5 Å². The average molecular weight is 597 g/mol. The van der Waals surface area contributed by atoms with Crippen LogP contribution in [0.2, 0.25) is 0 Å². The monoisotopic (exact) mass is 596 g/mol. The van der Waals surface area contributed by atoms with Crippen LogP contribution in [-0.4, -0.2) is 70.0 Å². The Labute approximate surface area is 231 Å². The molecule has 1 aliphatic rings. The number of aryl methyl sites for hydroxylation is 1. The number of anilines is 1. The van der Waals surface area contributed by atoms with Crippen LogP contribution < -0.4 is 4.90 Å². The SMILES string of the molecule is CN(c1ncc2c(-c3cc(C(F)(F)F)c(F)c(O)c3F)nn(C)c2n1)[C@@H]1C[C@H](c2ccccc2)CN(S(C)(=O)=O)C1. The van der Waals surface area contributed by atoms with Crippen LogP contribution in [0, 0.1) is 11.6 Å². The number of halogens is 5. The summed E-state index contributed by atoms with van der Waals surface area (Å²) in [6, 6.07) is 9.41. The molecule has 0 aliphatic carbocycles. The number of fused-ring (bicyclic) bond motifs is 1. The van der Waals surface area contributed by atoms with E-state index in [1.54, 1.807) is 11.9 Å². The van der Waals surface area contributed by atoms with Crippen LogP contribution in [-0.2, 0) is 23.2 Å². The molecule has 0 spiro atoms. The van der Waals surface area contributed by atoms with Gasteiger partial charge in [0, 0.05) is 45.0 Å². The minimum absolute atomic E-state index is 0.0613. The molecule has 0 unspecified atom stereocenters. The van der Waals surface area contributed by atoms with Gasteiger partial charge in [-0.15, -0.1) is 0 Å². The number of likely N-dealkylation sites (N-methyl/N-ethyl adjacent to an activating group) is 1. The fraction of sp³-hybridized carbons (Fsp3) is 0.346. The van der Waals surface area contributed by atoms with Crippen molar-refractivity contribution in [2.75, 3.05) is 31.3 Å². The third kappa shape index (κ3) is 5.30. The van der Waals surface area contributed by atoms with Gasteiger partial charge in [-0.05, 0) is 24.0 Å². The molecular formula is C26H25F5N6O3S. The van der Waals surface area contributed by atoms with Crippen LogP contribution in [0.1, 0.15) is 23.5 Å². The number of aromatic nitrogens is 4. The van der Waals surface area contributed by atoms with Crippen molar-refractivity contribution in [1.29, 1.82) is 0 Å². The first kappa shape index (κ1) is 28.7. The molecule has 15 heteroatoms. The first-order valence-electron chi connectivity index (χ1n) is 12.4. The van der Waals surface area contributed by atoms with Crippen molar-refractivity contribution in [3.05, 3.63) is 65.4 Å². The molecule has 218 valence electrons. The van der Waals surface area contributed by atoms with Gasteiger partial charge >= 0.3 is 6.18 Å². The number of aromatic hydroxyl groups is 1. The van der Waals surface area contributed by atoms with E-state index in [0.29, 0.717) is 13.0 Å². The van der Waals surface area contributed by atoms with Crippen LogP contribution in [0.5, 0.6) is 5.75 Å². The van der Waals surface area contributed by atoms with Gasteiger partial charge in [0.05, 0.1) is 17.2 Å². The van der Waals surface area contributed by atoms with E-state index in [1.807, 2.05) is 30.3 Å². The van der Waals surface area contributed by atoms with Crippen molar-refractivity contribution in [3.8, 4) is 17.0 Å². The number of phenols is 1. The van der Waals surface area contributed by atoms with Crippen LogP contribution in [0.3, 0.4) is 0 Å². The number of phenolic OH excluding ortho intramolecular Hbond substituents is 1. The summed E-state index contributed by atoms with van der Waals surface area (Å²) in [5.74, 6) is -5.42. The molecule has 1 saturated heterocycles. The Morgan fingerprint density at radius 3 is 2.41 bits per heavy atom. The second-order valence-corrected chi connectivity index (χ2v) is 12.0. The van der Waals surface area contributed by atoms with Crippen LogP contribution >= 0.6 is 0 Å². The summed E-state index contributed by atoms with van der Waals surface area (Å²) in [4.78, 5) is 10.5. The normalized spacial score (nSPS) is 18.6. The van der Waals surface area contributed by atoms with Gasteiger partial charge in [-0.3, -0.25) is 0 Å². The van der Waals surface area contributed by atoms with Gasteiger partial charge in [-0.1, -0.05) is 30.3 Å². The number of sulfonamides is 1. The first-order chi connectivity index (χ1) is 19.2. The molecular weight excluding hydrogens is 571 g/mol. The Hall–Kier alpha value is -3.85. The summed E-state index contributed by atoms with van der Waals surface area (Å²) in [5.41, 5.74) is -1.82. The van der Waals surface area contributed by atoms with Gasteiger partial charge in [0.15, 0.2) is 23.0 Å². The summed E-state index contributed by atoms with van der Waals surface area (Å²) >= 11 is 0. The summed E-state index contributed by atoms with van der Waals surface area (Å²) in [7, 11) is -0.385. The lowest BCUT2D eigenvalue weighted by molar-refractivity contribution is -0.140. The van der Waals surface area contributed by atoms with Crippen LogP contribution in [0.25, 0.3) is 22.3 Å². The highest BCUT2D eigenvalue weighted by atomic mass is 32.2. The van der Waals surface area contributed by atoms with Crippen molar-refractivity contribution in [1.82, 2.24) is 24.1 Å². The summed E-state index contributed by atoms with van der Waals surface area (Å²) < 4.78 is 96.5. The fourth-order valence-electron chi connectivity index (χ4n) is 5.11. The summed E-state index contributed by atoms with van der Waals surface area (Å²) in [6.07, 6.45) is -2.22. The maximum atomic E-state index is 14.8. The van der Waals surface area contributed by atoms with Gasteiger partial charge in [0.2, 0.25) is 16.0 Å². The molecule has 4 aromatic rings. The van der Waals surface area contributed by atoms with Gasteiger partial charge in [-0.25, -0.2) is 26.9 Å². The Balaban J connectivity index is 1.53. The van der Waals surface area contributed by atoms with E-state index in [1.165, 1.54) is 22.2 Å². The van der Waals surface area contributed by atoms with Gasteiger partial charge in [-0.2, -0.15) is 27.6 Å². The highest BCUT2D eigenvalue weighted by Crippen LogP contribution is 2.41. The standard InChI is InChI=1S/C26H25F5N6O3S/c1-35(16-9-15(14-7-5-4-6-8-14)12-37(13-16)41(3,39)40)25-32-11-18-22(34-36(2)24(18)33-25)17-10-19(26(29,30)31)21(28)23(38)20(17)27/h4-8,10-11,15-16,38H,9,12-13H2,1-3H3/t15-,16+/m0/s1. The van der Waals surface area contributed by atoms with Crippen molar-refractivity contribution in [2.24, 2.45) is 7.05 Å². The molecule has 1 fully saturated rings. The molecule has 2 aromatic carbocycles. The maximum Gasteiger partial charge on any atom is 0.419 e. The number of hydrogen-bond acceptors (Lipinski definition) is 7. The molecule has 3 heterocycles. The molecule has 9 nitrogen and oxygen atoms in total. The Morgan fingerprint density at radius 1 is 1.10 bits per heavy atom. The van der Waals surface area contributed by atoms with Gasteiger partial charge in [0.1, 0.15) is 5.69 Å². The van der Waals surface area contributed by atoms with Crippen molar-refractivity contribution in [2.45, 2.75) is 24.6 Å². The second kappa shape index (κ2) is 10.2. The van der Waals surface area contributed by atoms with E-state index in [2.05, 4.69) is 15.1 Å². The lowest BCUT2D eigenvalue weighted by Crippen LogP contribution is -2.51. The minimum Gasteiger partial charge on any atom is -0.503 e. The molecule has 2 atom stereocenters. The molecule has 5 rings (SSSR count). The molecule has 2 aromatic heterocycles. The van der Waals surface area contributed by atoms with E-state index >= 15 is 0 Å². The van der Waals surface area contributed by atoms with Crippen LogP contribution in [0.4, 0.5) is 27.9 Å². The number of alkyl halides is 3. The third-order valence-electron chi connectivity index (χ3n) is 7.30. The maximum absolute atomic E-state index is 14.8. The highest BCUT2D eigenvalue weighted by molar-refractivity contribution is 7.88. The Bertz CT molecular complexity index is 1730. The van der Waals surface area contributed by atoms with E-state index in [9.17, 15) is 35.5 Å². The number of nitrogens with zero attached hydrogens (tertiary/aromatic N) is 6. The summed E-state index contributed by atoms with van der Waals surface area (Å²) in [5, 5.41) is 13.9. The van der Waals surface area contributed by atoms with Crippen molar-refractivity contribution in [3.63, 3.8) is 0 Å². The van der Waals surface area contributed by atoms with E-state index in [0.717, 1.165) is 11.8 Å². The predicted octanol–water partition coefficient (Wildman–Crippen LogP) is 4.29. The molecule has 41 heavy (non-hydrogen) atoms. The second-order valence-electron chi connectivity index (χ2n) is 10.0. The van der Waals surface area contributed by atoms with Gasteiger partial charge < -0.3 is 10.0 Å². The zero-order chi connectivity index (χ0) is 29.9. The highest BCUT2D eigenvalue weighted by Gasteiger charge is 2.39. The summed E-state index contributed by atoms with van der Waals surface area (Å²) in [6.45, 7) is 0.491. The number of benzene rings is 2. The lowest BCUT2D eigenvalue weighted by Gasteiger charge is -2.40. The Morgan fingerprint density at radius 2 is 1.78 bits per heavy atom. The quantitative estimate of drug-likeness (QED) is 0.343. The lowest BCUT2D eigenvalue weighted by atomic mass is 9.88. The Kier molecular flexibility index (Phi) is 7.14. The number of piperidine rings is 1. The van der Waals surface area contributed by atoms with Crippen LogP contribution in [0.15, 0.2) is 42.6 Å². The zero-order valence-corrected chi connectivity index (χ0v) is 22.9. The molecule has 0 bridgehead atoms. The zero-order valence-electron chi connectivity index (χ0n) is 22.1. The predicted molar refractivity (Wildman–Crippen MR) is 141 cm³/mol. The van der Waals surface area contributed by atoms with E-state index in [4.69, 9.17) is 0 Å². The smallest absolute Gasteiger partial charge is 0.419 e. The number of hydrogen-bond donors (Lipinski definition) is 1. The molecule has 1 aliphatic heterocycles. The van der Waals surface area contributed by atoms with Gasteiger partial charge in [0.25, 0.3) is 0 Å². The molecule has 0 radical (unpaired) electrons.